The molecule has 0 aliphatic carbocycles. The van der Waals surface area contributed by atoms with E-state index >= 15 is 0 Å². The average molecular weight is 1210 g/mol. The molecule has 40 heteroatoms. The van der Waals surface area contributed by atoms with Crippen molar-refractivity contribution >= 4 is 82.8 Å². The van der Waals surface area contributed by atoms with Crippen LogP contribution in [0.5, 0.6) is 0 Å². The number of benzene rings is 2. The Morgan fingerprint density at radius 2 is 0.951 bits per heavy atom. The molecule has 2 heterocycles. The zero-order chi connectivity index (χ0) is 62.2. The van der Waals surface area contributed by atoms with Gasteiger partial charge < -0.3 is 57.9 Å². The van der Waals surface area contributed by atoms with E-state index in [1.165, 1.54) is 5.32 Å². The molecule has 2 aliphatic rings. The zero-order valence-corrected chi connectivity index (χ0v) is 46.2. The number of halogens is 8. The van der Waals surface area contributed by atoms with Crippen molar-refractivity contribution in [2.75, 3.05) is 82.9 Å². The van der Waals surface area contributed by atoms with Crippen molar-refractivity contribution in [1.29, 1.82) is 0 Å². The van der Waals surface area contributed by atoms with Gasteiger partial charge in [-0.25, -0.2) is 44.7 Å². The molecule has 450 valence electrons. The van der Waals surface area contributed by atoms with E-state index in [0.29, 0.717) is 30.7 Å². The highest BCUT2D eigenvalue weighted by Gasteiger charge is 2.39. The number of likely N-dealkylation sites (N-methyl/N-ethyl adjacent to an activating group) is 2. The number of carbonyl (C=O) groups is 9. The molecule has 0 unspecified atom stereocenters. The van der Waals surface area contributed by atoms with Gasteiger partial charge in [-0.2, -0.15) is 0 Å². The van der Waals surface area contributed by atoms with E-state index in [0.717, 1.165) is 18.9 Å². The van der Waals surface area contributed by atoms with Crippen molar-refractivity contribution in [3.05, 3.63) is 78.6 Å². The van der Waals surface area contributed by atoms with Crippen LogP contribution in [-0.4, -0.2) is 164 Å². The van der Waals surface area contributed by atoms with E-state index < -0.39 is 128 Å². The predicted molar refractivity (Wildman–Crippen MR) is 260 cm³/mol. The summed E-state index contributed by atoms with van der Waals surface area (Å²) in [5, 5.41) is 14.8. The van der Waals surface area contributed by atoms with Gasteiger partial charge in [0.05, 0.1) is 13.1 Å². The summed E-state index contributed by atoms with van der Waals surface area (Å²) in [5.41, 5.74) is 14.8. The maximum Gasteiger partial charge on any atom is 0.500 e. The molecule has 6 N–H and O–H groups in total. The topological polar surface area (TPSA) is 406 Å². The van der Waals surface area contributed by atoms with Crippen molar-refractivity contribution in [2.45, 2.75) is 50.6 Å². The van der Waals surface area contributed by atoms with Crippen LogP contribution < -0.4 is 27.0 Å². The predicted octanol–water partition coefficient (Wildman–Crippen LogP) is 3.09. The third-order valence-corrected chi connectivity index (χ3v) is 15.6. The summed E-state index contributed by atoms with van der Waals surface area (Å²) in [7, 11) is 8.07. The third kappa shape index (κ3) is 21.8. The Labute approximate surface area is 456 Å². The molecule has 0 saturated carbocycles. The van der Waals surface area contributed by atoms with Gasteiger partial charge in [-0.3, -0.25) is 38.9 Å². The second kappa shape index (κ2) is 37.4. The number of nitrogens with zero attached hydrogens (tertiary/aromatic N) is 8. The number of hydrogen-bond acceptors (Lipinski definition) is 22. The molecule has 30 nitrogen and oxygen atoms in total. The second-order valence-corrected chi connectivity index (χ2v) is 21.1. The van der Waals surface area contributed by atoms with Crippen molar-refractivity contribution in [3.8, 4) is 0 Å². The Hall–Kier alpha value is -7.60. The molecule has 0 spiro atoms. The Kier molecular flexibility index (Phi) is 33.9. The standard InChI is InChI=1S/C11H4F4N4O4.C9H22N2O4Si.C8H2F4N4O2.C7H10N2O4.C6H17NO3Si/c12-6-5(7(13)9(15)10(8(6)14)17-18-16)11(22)23-19-3(20)1-2-4(19)21;1-10-8-9(12)11-6-5-7-16(13-2,14-3)15-4;9-3-2(8(18)14-1-17)4(10)6(12)7(5(3)11)15-16-13;1-8-4-7(12)13-9-5(10)2-3-6(9)11;1-8-11(9-2,10-3)6-4-5-7/h1-2H2;10H,5-8H2,1-4H3,(H,11,12);1H,(H,14,17,18);8H,2-4H2,1H3;4-7H2,1-3H3. The number of azide groups is 2. The first-order chi connectivity index (χ1) is 38.3. The van der Waals surface area contributed by atoms with Gasteiger partial charge in [0, 0.05) is 96.8 Å². The summed E-state index contributed by atoms with van der Waals surface area (Å²) in [5.74, 6) is -24.1. The first-order valence-corrected chi connectivity index (χ1v) is 26.4. The first-order valence-electron chi connectivity index (χ1n) is 22.6. The van der Waals surface area contributed by atoms with Gasteiger partial charge in [0.15, 0.2) is 46.5 Å². The Morgan fingerprint density at radius 1 is 0.593 bits per heavy atom. The molecule has 4 rings (SSSR count). The van der Waals surface area contributed by atoms with Crippen LogP contribution in [0.2, 0.25) is 12.1 Å². The average Bonchev–Trinajstić information content (AvgIpc) is 4.12. The number of rotatable bonds is 24. The molecule has 2 fully saturated rings. The SMILES string of the molecule is CNCC(=O)NCCC[Si](OC)(OC)OC.CNCC(=O)ON1C(=O)CCC1=O.CO[Si](CCCN)(OC)OC.[N-]=[N+]=Nc1c(F)c(F)c(C(=O)NC=O)c(F)c1F.[N-]=[N+]=Nc1c(F)c(F)c(C(=O)ON2C(=O)CCC2=O)c(F)c1F. The number of hydroxylamine groups is 4. The summed E-state index contributed by atoms with van der Waals surface area (Å²) in [6, 6.07) is 1.48. The summed E-state index contributed by atoms with van der Waals surface area (Å²) in [6.45, 7) is 1.55. The second-order valence-electron chi connectivity index (χ2n) is 14.9. The lowest BCUT2D eigenvalue weighted by Crippen LogP contribution is -2.43. The number of nitrogens with one attached hydrogen (secondary N) is 4. The van der Waals surface area contributed by atoms with E-state index in [9.17, 15) is 78.3 Å². The molecule has 0 radical (unpaired) electrons. The molecular weight excluding hydrogens is 1150 g/mol. The fourth-order valence-corrected chi connectivity index (χ4v) is 9.39. The number of nitrogens with two attached hydrogens (primary N) is 1. The fourth-order valence-electron chi connectivity index (χ4n) is 5.92. The largest absolute Gasteiger partial charge is 0.500 e. The molecule has 2 saturated heterocycles. The van der Waals surface area contributed by atoms with Crippen LogP contribution in [0, 0.1) is 46.5 Å². The fraction of sp³-hybridized carbons (Fsp3) is 0.488. The molecule has 0 bridgehead atoms. The maximum atomic E-state index is 13.7. The Bertz CT molecular complexity index is 2570. The van der Waals surface area contributed by atoms with Crippen molar-refractivity contribution in [2.24, 2.45) is 16.0 Å². The molecular formula is C41H55F8N13O17Si2. The van der Waals surface area contributed by atoms with Crippen molar-refractivity contribution in [1.82, 2.24) is 31.4 Å². The van der Waals surface area contributed by atoms with Crippen LogP contribution in [0.4, 0.5) is 46.5 Å². The summed E-state index contributed by atoms with van der Waals surface area (Å²) < 4.78 is 139. The number of amides is 7. The van der Waals surface area contributed by atoms with Crippen LogP contribution in [0.3, 0.4) is 0 Å². The Morgan fingerprint density at radius 3 is 1.28 bits per heavy atom. The van der Waals surface area contributed by atoms with Gasteiger partial charge in [-0.1, -0.05) is 10.2 Å². The Balaban J connectivity index is 0.00000101. The summed E-state index contributed by atoms with van der Waals surface area (Å²) in [4.78, 5) is 111. The minimum atomic E-state index is -2.47. The van der Waals surface area contributed by atoms with Crippen molar-refractivity contribution in [3.63, 3.8) is 0 Å². The van der Waals surface area contributed by atoms with Gasteiger partial charge in [-0.05, 0) is 44.5 Å². The molecule has 81 heavy (non-hydrogen) atoms. The van der Waals surface area contributed by atoms with Crippen molar-refractivity contribution < 1.29 is 115 Å². The first kappa shape index (κ1) is 73.4. The lowest BCUT2D eigenvalue weighted by Gasteiger charge is -2.24. The van der Waals surface area contributed by atoms with E-state index in [1.807, 2.05) is 9.82 Å². The maximum absolute atomic E-state index is 13.7. The molecule has 0 atom stereocenters. The quantitative estimate of drug-likeness (QED) is 0.0116. The van der Waals surface area contributed by atoms with E-state index in [4.69, 9.17) is 43.4 Å². The smallest absolute Gasteiger partial charge is 0.377 e. The highest BCUT2D eigenvalue weighted by molar-refractivity contribution is 6.60. The zero-order valence-electron chi connectivity index (χ0n) is 44.2. The van der Waals surface area contributed by atoms with Crippen LogP contribution in [-0.2, 0) is 69.8 Å². The van der Waals surface area contributed by atoms with Crippen LogP contribution in [0.1, 0.15) is 59.2 Å². The monoisotopic (exact) mass is 1210 g/mol. The molecule has 2 aromatic rings. The lowest BCUT2D eigenvalue weighted by atomic mass is 10.1. The molecule has 2 aromatic carbocycles. The van der Waals surface area contributed by atoms with Gasteiger partial charge in [0.1, 0.15) is 22.5 Å². The number of hydrogen-bond donors (Lipinski definition) is 5. The van der Waals surface area contributed by atoms with Gasteiger partial charge in [0.25, 0.3) is 29.5 Å². The third-order valence-electron chi connectivity index (χ3n) is 9.96. The van der Waals surface area contributed by atoms with Crippen LogP contribution >= 0.6 is 0 Å². The summed E-state index contributed by atoms with van der Waals surface area (Å²) >= 11 is 0. The minimum absolute atomic E-state index is 0.0120. The van der Waals surface area contributed by atoms with Gasteiger partial charge in [0.2, 0.25) is 12.3 Å². The summed E-state index contributed by atoms with van der Waals surface area (Å²) in [6.07, 6.45) is 1.07. The van der Waals surface area contributed by atoms with Gasteiger partial charge >= 0.3 is 29.5 Å². The molecule has 7 amide bonds. The number of imide groups is 3. The normalized spacial score (nSPS) is 12.7. The number of carbonyl (C=O) groups excluding carboxylic acids is 9. The molecule has 2 aliphatic heterocycles. The molecule has 0 aromatic heterocycles. The highest BCUT2D eigenvalue weighted by atomic mass is 28.4. The van der Waals surface area contributed by atoms with Crippen LogP contribution in [0.15, 0.2) is 10.2 Å². The van der Waals surface area contributed by atoms with Crippen LogP contribution in [0.25, 0.3) is 20.9 Å². The lowest BCUT2D eigenvalue weighted by molar-refractivity contribution is -0.196. The van der Waals surface area contributed by atoms with Gasteiger partial charge in [-0.15, -0.1) is 10.1 Å². The van der Waals surface area contributed by atoms with E-state index in [-0.39, 0.29) is 49.6 Å². The van der Waals surface area contributed by atoms with E-state index in [2.05, 4.69) is 35.9 Å². The van der Waals surface area contributed by atoms with E-state index in [1.54, 1.807) is 56.8 Å². The highest BCUT2D eigenvalue weighted by Crippen LogP contribution is 2.32. The minimum Gasteiger partial charge on any atom is -0.377 e.